The van der Waals surface area contributed by atoms with E-state index in [2.05, 4.69) is 47.7 Å². The van der Waals surface area contributed by atoms with Crippen LogP contribution in [0.4, 0.5) is 0 Å². The molecule has 0 aromatic heterocycles. The fourth-order valence-electron chi connectivity index (χ4n) is 1.72. The lowest BCUT2D eigenvalue weighted by molar-refractivity contribution is 0.214. The highest BCUT2D eigenvalue weighted by Gasteiger charge is 2.40. The summed E-state index contributed by atoms with van der Waals surface area (Å²) in [5, 5.41) is 0.323. The van der Waals surface area contributed by atoms with E-state index in [1.807, 2.05) is 0 Å². The largest absolute Gasteiger partial charge is 0.410 e. The van der Waals surface area contributed by atoms with Gasteiger partial charge in [-0.05, 0) is 50.4 Å². The molecule has 0 saturated heterocycles. The van der Waals surface area contributed by atoms with Crippen molar-refractivity contribution in [1.82, 2.24) is 0 Å². The van der Waals surface area contributed by atoms with E-state index in [4.69, 9.17) is 4.43 Å². The van der Waals surface area contributed by atoms with E-state index in [0.29, 0.717) is 11.1 Å². The van der Waals surface area contributed by atoms with Gasteiger partial charge in [-0.15, -0.1) is 0 Å². The lowest BCUT2D eigenvalue weighted by atomic mass is 10.2. The minimum absolute atomic E-state index is 0.323. The zero-order valence-electron chi connectivity index (χ0n) is 11.4. The first-order valence-electron chi connectivity index (χ1n) is 5.99. The number of rotatable bonds is 2. The molecule has 0 fully saturated rings. The van der Waals surface area contributed by atoms with Gasteiger partial charge in [-0.1, -0.05) is 26.3 Å². The van der Waals surface area contributed by atoms with Crippen molar-refractivity contribution in [3.8, 4) is 0 Å². The summed E-state index contributed by atoms with van der Waals surface area (Å²) in [5.41, 5.74) is 3.03. The Morgan fingerprint density at radius 3 is 2.07 bits per heavy atom. The SMILES string of the molecule is CC1=C(C)C(O[Si](C)(C)C(C)(C)C)CC1. The second-order valence-corrected chi connectivity index (χ2v) is 11.1. The Morgan fingerprint density at radius 2 is 1.73 bits per heavy atom. The molecule has 0 aromatic carbocycles. The van der Waals surface area contributed by atoms with Crippen LogP contribution in [-0.4, -0.2) is 14.4 Å². The molecular formula is C13H26OSi. The monoisotopic (exact) mass is 226 g/mol. The molecule has 0 N–H and O–H groups in total. The molecule has 1 rings (SSSR count). The molecule has 0 bridgehead atoms. The fourth-order valence-corrected chi connectivity index (χ4v) is 3.08. The molecule has 0 spiro atoms. The maximum Gasteiger partial charge on any atom is 0.192 e. The van der Waals surface area contributed by atoms with E-state index in [9.17, 15) is 0 Å². The van der Waals surface area contributed by atoms with E-state index >= 15 is 0 Å². The van der Waals surface area contributed by atoms with Crippen LogP contribution in [0.3, 0.4) is 0 Å². The third-order valence-electron chi connectivity index (χ3n) is 4.18. The average Bonchev–Trinajstić information content (AvgIpc) is 2.33. The topological polar surface area (TPSA) is 9.23 Å². The second-order valence-electron chi connectivity index (χ2n) is 6.37. The molecule has 0 heterocycles. The van der Waals surface area contributed by atoms with E-state index < -0.39 is 8.32 Å². The lowest BCUT2D eigenvalue weighted by Gasteiger charge is -2.38. The van der Waals surface area contributed by atoms with E-state index in [-0.39, 0.29) is 0 Å². The van der Waals surface area contributed by atoms with Crippen molar-refractivity contribution in [2.24, 2.45) is 0 Å². The third-order valence-corrected chi connectivity index (χ3v) is 8.67. The molecule has 0 aliphatic heterocycles. The summed E-state index contributed by atoms with van der Waals surface area (Å²) in [6, 6.07) is 0. The van der Waals surface area contributed by atoms with Gasteiger partial charge >= 0.3 is 0 Å². The van der Waals surface area contributed by atoms with Gasteiger partial charge < -0.3 is 4.43 Å². The Hall–Kier alpha value is -0.0831. The van der Waals surface area contributed by atoms with E-state index in [0.717, 1.165) is 0 Å². The highest BCUT2D eigenvalue weighted by atomic mass is 28.4. The zero-order valence-corrected chi connectivity index (χ0v) is 12.4. The molecule has 1 aliphatic carbocycles. The van der Waals surface area contributed by atoms with Crippen LogP contribution in [0.15, 0.2) is 11.1 Å². The third kappa shape index (κ3) is 2.73. The predicted octanol–water partition coefficient (Wildman–Crippen LogP) is 4.51. The van der Waals surface area contributed by atoms with Gasteiger partial charge in [0.2, 0.25) is 0 Å². The quantitative estimate of drug-likeness (QED) is 0.497. The predicted molar refractivity (Wildman–Crippen MR) is 69.7 cm³/mol. The molecule has 1 unspecified atom stereocenters. The van der Waals surface area contributed by atoms with Crippen LogP contribution in [0.25, 0.3) is 0 Å². The average molecular weight is 226 g/mol. The van der Waals surface area contributed by atoms with Gasteiger partial charge in [-0.3, -0.25) is 0 Å². The van der Waals surface area contributed by atoms with E-state index in [1.165, 1.54) is 18.4 Å². The van der Waals surface area contributed by atoms with Crippen LogP contribution in [0.2, 0.25) is 18.1 Å². The normalized spacial score (nSPS) is 23.8. The number of allylic oxidation sites excluding steroid dienone is 1. The van der Waals surface area contributed by atoms with Crippen LogP contribution >= 0.6 is 0 Å². The lowest BCUT2D eigenvalue weighted by Crippen LogP contribution is -2.43. The van der Waals surface area contributed by atoms with Crippen LogP contribution in [-0.2, 0) is 4.43 Å². The molecule has 1 nitrogen and oxygen atoms in total. The smallest absolute Gasteiger partial charge is 0.192 e. The second kappa shape index (κ2) is 4.06. The summed E-state index contributed by atoms with van der Waals surface area (Å²) in [6.45, 7) is 16.1. The van der Waals surface area contributed by atoms with Crippen molar-refractivity contribution >= 4 is 8.32 Å². The van der Waals surface area contributed by atoms with Gasteiger partial charge in [0.25, 0.3) is 0 Å². The minimum Gasteiger partial charge on any atom is -0.410 e. The molecule has 1 aliphatic rings. The summed E-state index contributed by atoms with van der Waals surface area (Å²) in [4.78, 5) is 0. The molecular weight excluding hydrogens is 200 g/mol. The minimum atomic E-state index is -1.58. The Kier molecular flexibility index (Phi) is 3.51. The van der Waals surface area contributed by atoms with Crippen LogP contribution in [0, 0.1) is 0 Å². The Morgan fingerprint density at radius 1 is 1.20 bits per heavy atom. The number of hydrogen-bond donors (Lipinski definition) is 0. The van der Waals surface area contributed by atoms with Gasteiger partial charge in [-0.25, -0.2) is 0 Å². The van der Waals surface area contributed by atoms with Crippen molar-refractivity contribution in [3.63, 3.8) is 0 Å². The summed E-state index contributed by atoms with van der Waals surface area (Å²) >= 11 is 0. The molecule has 0 saturated carbocycles. The first-order chi connectivity index (χ1) is 6.65. The van der Waals surface area contributed by atoms with Gasteiger partial charge in [-0.2, -0.15) is 0 Å². The van der Waals surface area contributed by atoms with Gasteiger partial charge in [0, 0.05) is 0 Å². The fraction of sp³-hybridized carbons (Fsp3) is 0.846. The van der Waals surface area contributed by atoms with Crippen molar-refractivity contribution in [3.05, 3.63) is 11.1 Å². The Balaban J connectivity index is 2.72. The maximum absolute atomic E-state index is 6.43. The van der Waals surface area contributed by atoms with Crippen LogP contribution in [0.1, 0.15) is 47.5 Å². The van der Waals surface area contributed by atoms with E-state index in [1.54, 1.807) is 5.57 Å². The van der Waals surface area contributed by atoms with Crippen LogP contribution in [0.5, 0.6) is 0 Å². The van der Waals surface area contributed by atoms with Gasteiger partial charge in [0.15, 0.2) is 8.32 Å². The molecule has 1 atom stereocenters. The van der Waals surface area contributed by atoms with Crippen molar-refractivity contribution in [1.29, 1.82) is 0 Å². The maximum atomic E-state index is 6.43. The first kappa shape index (κ1) is 13.0. The van der Waals surface area contributed by atoms with Gasteiger partial charge in [0.05, 0.1) is 6.10 Å². The zero-order chi connectivity index (χ0) is 11.9. The molecule has 0 radical (unpaired) electrons. The molecule has 2 heteroatoms. The Labute approximate surface area is 96.0 Å². The summed E-state index contributed by atoms with van der Waals surface area (Å²) in [5.74, 6) is 0. The first-order valence-corrected chi connectivity index (χ1v) is 8.90. The van der Waals surface area contributed by atoms with Gasteiger partial charge in [0.1, 0.15) is 0 Å². The van der Waals surface area contributed by atoms with Crippen molar-refractivity contribution in [2.45, 2.75) is 71.7 Å². The molecule has 15 heavy (non-hydrogen) atoms. The van der Waals surface area contributed by atoms with Crippen LogP contribution < -0.4 is 0 Å². The molecule has 88 valence electrons. The summed E-state index contributed by atoms with van der Waals surface area (Å²) in [6.07, 6.45) is 2.83. The highest BCUT2D eigenvalue weighted by molar-refractivity contribution is 6.74. The molecule has 0 amide bonds. The van der Waals surface area contributed by atoms with Crippen molar-refractivity contribution < 1.29 is 4.43 Å². The molecule has 0 aromatic rings. The summed E-state index contributed by atoms with van der Waals surface area (Å²) in [7, 11) is -1.58. The number of hydrogen-bond acceptors (Lipinski definition) is 1. The highest BCUT2D eigenvalue weighted by Crippen LogP contribution is 2.40. The Bertz CT molecular complexity index is 271. The summed E-state index contributed by atoms with van der Waals surface area (Å²) < 4.78 is 6.43. The standard InChI is InChI=1S/C13H26OSi/c1-10-8-9-12(11(10)2)14-15(6,7)13(3,4)5/h12H,8-9H2,1-7H3. The van der Waals surface area contributed by atoms with Crippen molar-refractivity contribution in [2.75, 3.05) is 0 Å².